The Morgan fingerprint density at radius 1 is 1.06 bits per heavy atom. The summed E-state index contributed by atoms with van der Waals surface area (Å²) >= 11 is 0. The van der Waals surface area contributed by atoms with Crippen LogP contribution in [0, 0.1) is 0 Å². The number of carbonyl (C=O) groups is 1. The molecule has 1 atom stereocenters. The van der Waals surface area contributed by atoms with Crippen molar-refractivity contribution in [2.24, 2.45) is 0 Å². The van der Waals surface area contributed by atoms with Crippen molar-refractivity contribution in [3.05, 3.63) is 78.3 Å². The van der Waals surface area contributed by atoms with E-state index < -0.39 is 0 Å². The Morgan fingerprint density at radius 2 is 1.88 bits per heavy atom. The third-order valence-corrected chi connectivity index (χ3v) is 5.67. The first-order valence-corrected chi connectivity index (χ1v) is 10.4. The average Bonchev–Trinajstić information content (AvgIpc) is 3.27. The van der Waals surface area contributed by atoms with Crippen LogP contribution in [0.15, 0.2) is 61.3 Å². The number of carbonyl (C=O) groups excluding carboxylic acids is 1. The minimum Gasteiger partial charge on any atom is -0.348 e. The van der Waals surface area contributed by atoms with Crippen LogP contribution < -0.4 is 10.2 Å². The van der Waals surface area contributed by atoms with Crippen LogP contribution in [0.1, 0.15) is 27.8 Å². The smallest absolute Gasteiger partial charge is 0.253 e. The maximum absolute atomic E-state index is 12.8. The Bertz CT molecular complexity index is 1210. The lowest BCUT2D eigenvalue weighted by molar-refractivity contribution is 0.0950. The predicted molar refractivity (Wildman–Crippen MR) is 118 cm³/mol. The summed E-state index contributed by atoms with van der Waals surface area (Å²) in [6.45, 7) is 2.78. The van der Waals surface area contributed by atoms with Gasteiger partial charge in [0.2, 0.25) is 5.95 Å². The van der Waals surface area contributed by atoms with E-state index in [-0.39, 0.29) is 11.9 Å². The zero-order chi connectivity index (χ0) is 21.9. The van der Waals surface area contributed by atoms with Gasteiger partial charge in [-0.15, -0.1) is 10.2 Å². The van der Waals surface area contributed by atoms with Gasteiger partial charge < -0.3 is 10.2 Å². The third kappa shape index (κ3) is 4.00. The van der Waals surface area contributed by atoms with E-state index in [1.165, 1.54) is 0 Å². The van der Waals surface area contributed by atoms with E-state index in [4.69, 9.17) is 0 Å². The summed E-state index contributed by atoms with van der Waals surface area (Å²) in [5.41, 5.74) is 2.24. The van der Waals surface area contributed by atoms with Gasteiger partial charge in [-0.25, -0.2) is 9.97 Å². The largest absolute Gasteiger partial charge is 0.348 e. The van der Waals surface area contributed by atoms with Gasteiger partial charge in [-0.1, -0.05) is 0 Å². The normalized spacial score (nSPS) is 16.9. The SMILES string of the molecule is CN1CCN(c2ncccn2)CC1c1nnc2ccc(C(=O)NCc3ccncc3)cn12. The Balaban J connectivity index is 1.38. The van der Waals surface area contributed by atoms with Gasteiger partial charge >= 0.3 is 0 Å². The molecule has 10 heteroatoms. The molecule has 0 bridgehead atoms. The summed E-state index contributed by atoms with van der Waals surface area (Å²) < 4.78 is 1.90. The van der Waals surface area contributed by atoms with Gasteiger partial charge in [-0.2, -0.15) is 0 Å². The van der Waals surface area contributed by atoms with Crippen LogP contribution in [0.4, 0.5) is 5.95 Å². The minimum atomic E-state index is -0.153. The molecule has 0 radical (unpaired) electrons. The maximum atomic E-state index is 12.8. The van der Waals surface area contributed by atoms with Crippen LogP contribution >= 0.6 is 0 Å². The zero-order valence-electron chi connectivity index (χ0n) is 17.7. The number of rotatable bonds is 5. The number of fused-ring (bicyclic) bond motifs is 1. The van der Waals surface area contributed by atoms with Gasteiger partial charge in [-0.3, -0.25) is 19.1 Å². The summed E-state index contributed by atoms with van der Waals surface area (Å²) in [7, 11) is 2.07. The topological polar surface area (TPSA) is 104 Å². The number of hydrogen-bond donors (Lipinski definition) is 1. The fraction of sp³-hybridized carbons (Fsp3) is 0.273. The number of hydrogen-bond acceptors (Lipinski definition) is 8. The van der Waals surface area contributed by atoms with E-state index in [1.807, 2.05) is 28.7 Å². The van der Waals surface area contributed by atoms with Crippen molar-refractivity contribution in [3.8, 4) is 0 Å². The highest BCUT2D eigenvalue weighted by Crippen LogP contribution is 2.25. The van der Waals surface area contributed by atoms with E-state index in [9.17, 15) is 4.79 Å². The summed E-state index contributed by atoms with van der Waals surface area (Å²) in [4.78, 5) is 29.9. The molecule has 0 spiro atoms. The molecule has 5 heterocycles. The molecule has 4 aromatic heterocycles. The molecule has 10 nitrogen and oxygen atoms in total. The molecular formula is C22H23N9O. The molecule has 4 aromatic rings. The lowest BCUT2D eigenvalue weighted by Crippen LogP contribution is -2.47. The number of likely N-dealkylation sites (N-methyl/N-ethyl adjacent to an activating group) is 1. The van der Waals surface area contributed by atoms with E-state index in [0.29, 0.717) is 30.2 Å². The standard InChI is InChI=1S/C22H23N9O/c1-29-11-12-30(22-24-7-2-8-25-22)15-18(29)20-28-27-19-4-3-17(14-31(19)20)21(32)26-13-16-5-9-23-10-6-16/h2-10,14,18H,11-13,15H2,1H3,(H,26,32). The van der Waals surface area contributed by atoms with Crippen LogP contribution in [-0.2, 0) is 6.54 Å². The Morgan fingerprint density at radius 3 is 2.69 bits per heavy atom. The first-order valence-electron chi connectivity index (χ1n) is 10.4. The van der Waals surface area contributed by atoms with Crippen LogP contribution in [0.5, 0.6) is 0 Å². The number of aromatic nitrogens is 6. The molecule has 1 fully saturated rings. The highest BCUT2D eigenvalue weighted by Gasteiger charge is 2.30. The van der Waals surface area contributed by atoms with E-state index in [2.05, 4.69) is 47.3 Å². The van der Waals surface area contributed by atoms with Gasteiger partial charge in [0.25, 0.3) is 5.91 Å². The monoisotopic (exact) mass is 429 g/mol. The highest BCUT2D eigenvalue weighted by atomic mass is 16.1. The first kappa shape index (κ1) is 20.0. The molecule has 162 valence electrons. The second-order valence-electron chi connectivity index (χ2n) is 7.73. The molecule has 1 saturated heterocycles. The molecule has 5 rings (SSSR count). The van der Waals surface area contributed by atoms with Crippen LogP contribution in [0.3, 0.4) is 0 Å². The van der Waals surface area contributed by atoms with Crippen LogP contribution in [-0.4, -0.2) is 67.0 Å². The summed E-state index contributed by atoms with van der Waals surface area (Å²) in [5, 5.41) is 11.7. The highest BCUT2D eigenvalue weighted by molar-refractivity contribution is 5.94. The van der Waals surface area contributed by atoms with Crippen molar-refractivity contribution in [2.45, 2.75) is 12.6 Å². The molecule has 0 aromatic carbocycles. The third-order valence-electron chi connectivity index (χ3n) is 5.67. The average molecular weight is 429 g/mol. The lowest BCUT2D eigenvalue weighted by atomic mass is 10.1. The quantitative estimate of drug-likeness (QED) is 0.507. The fourth-order valence-corrected chi connectivity index (χ4v) is 3.84. The van der Waals surface area contributed by atoms with Crippen LogP contribution in [0.2, 0.25) is 0 Å². The lowest BCUT2D eigenvalue weighted by Gasteiger charge is -2.38. The van der Waals surface area contributed by atoms with Crippen molar-refractivity contribution in [2.75, 3.05) is 31.6 Å². The number of piperazine rings is 1. The first-order chi connectivity index (χ1) is 15.7. The molecule has 1 aliphatic rings. The van der Waals surface area contributed by atoms with Crippen molar-refractivity contribution in [1.29, 1.82) is 0 Å². The Kier molecular flexibility index (Phi) is 5.42. The van der Waals surface area contributed by atoms with Gasteiger partial charge in [-0.05, 0) is 42.9 Å². The van der Waals surface area contributed by atoms with Gasteiger partial charge in [0.15, 0.2) is 11.5 Å². The molecule has 1 aliphatic heterocycles. The number of nitrogens with one attached hydrogen (secondary N) is 1. The molecule has 1 unspecified atom stereocenters. The van der Waals surface area contributed by atoms with Gasteiger partial charge in [0.1, 0.15) is 0 Å². The van der Waals surface area contributed by atoms with E-state index in [0.717, 1.165) is 24.5 Å². The predicted octanol–water partition coefficient (Wildman–Crippen LogP) is 1.34. The number of nitrogens with zero attached hydrogens (tertiary/aromatic N) is 8. The summed E-state index contributed by atoms with van der Waals surface area (Å²) in [5.74, 6) is 1.34. The number of pyridine rings is 2. The number of anilines is 1. The van der Waals surface area contributed by atoms with Crippen molar-refractivity contribution in [3.63, 3.8) is 0 Å². The molecule has 1 amide bonds. The van der Waals surface area contributed by atoms with Gasteiger partial charge in [0.05, 0.1) is 11.6 Å². The molecular weight excluding hydrogens is 406 g/mol. The van der Waals surface area contributed by atoms with Crippen molar-refractivity contribution >= 4 is 17.5 Å². The molecule has 1 N–H and O–H groups in total. The Hall–Kier alpha value is -3.92. The molecule has 0 saturated carbocycles. The van der Waals surface area contributed by atoms with Crippen LogP contribution in [0.25, 0.3) is 5.65 Å². The minimum absolute atomic E-state index is 0.0160. The fourth-order valence-electron chi connectivity index (χ4n) is 3.84. The second-order valence-corrected chi connectivity index (χ2v) is 7.73. The zero-order valence-corrected chi connectivity index (χ0v) is 17.7. The maximum Gasteiger partial charge on any atom is 0.253 e. The summed E-state index contributed by atoms with van der Waals surface area (Å²) in [6, 6.07) is 9.14. The van der Waals surface area contributed by atoms with Crippen molar-refractivity contribution in [1.82, 2.24) is 39.8 Å². The Labute approximate surface area is 185 Å². The molecule has 0 aliphatic carbocycles. The van der Waals surface area contributed by atoms with Gasteiger partial charge in [0, 0.05) is 57.2 Å². The van der Waals surface area contributed by atoms with E-state index >= 15 is 0 Å². The summed E-state index contributed by atoms with van der Waals surface area (Å²) in [6.07, 6.45) is 8.72. The second kappa shape index (κ2) is 8.67. The number of amides is 1. The van der Waals surface area contributed by atoms with E-state index in [1.54, 1.807) is 37.1 Å². The van der Waals surface area contributed by atoms with Crippen molar-refractivity contribution < 1.29 is 4.79 Å². The molecule has 32 heavy (non-hydrogen) atoms.